The Balaban J connectivity index is 1.73. The van der Waals surface area contributed by atoms with Crippen molar-refractivity contribution in [3.05, 3.63) is 62.8 Å². The molecule has 110 valence electrons. The SMILES string of the molecule is O=C(Nc1nc(-c2cccs2)cs1)c1ccc([N+](=O)[O-])cc1. The Morgan fingerprint density at radius 1 is 1.18 bits per heavy atom. The summed E-state index contributed by atoms with van der Waals surface area (Å²) in [5, 5.41) is 17.6. The second-order valence-corrected chi connectivity index (χ2v) is 6.08. The Bertz CT molecular complexity index is 810. The average molecular weight is 331 g/mol. The Hall–Kier alpha value is -2.58. The van der Waals surface area contributed by atoms with Crippen molar-refractivity contribution in [2.24, 2.45) is 0 Å². The van der Waals surface area contributed by atoms with E-state index in [0.29, 0.717) is 10.7 Å². The van der Waals surface area contributed by atoms with E-state index in [2.05, 4.69) is 10.3 Å². The number of hydrogen-bond donors (Lipinski definition) is 1. The van der Waals surface area contributed by atoms with Crippen LogP contribution in [0.15, 0.2) is 47.2 Å². The number of aromatic nitrogens is 1. The molecule has 1 aromatic carbocycles. The van der Waals surface area contributed by atoms with Gasteiger partial charge in [-0.05, 0) is 23.6 Å². The molecule has 8 heteroatoms. The molecular formula is C14H9N3O3S2. The lowest BCUT2D eigenvalue weighted by molar-refractivity contribution is -0.384. The van der Waals surface area contributed by atoms with Crippen LogP contribution in [-0.4, -0.2) is 15.8 Å². The fourth-order valence-electron chi connectivity index (χ4n) is 1.77. The number of nitrogens with zero attached hydrogens (tertiary/aromatic N) is 2. The fourth-order valence-corrected chi connectivity index (χ4v) is 3.24. The van der Waals surface area contributed by atoms with Gasteiger partial charge in [-0.1, -0.05) is 6.07 Å². The number of nitro benzene ring substituents is 1. The van der Waals surface area contributed by atoms with Crippen LogP contribution >= 0.6 is 22.7 Å². The number of nitrogens with one attached hydrogen (secondary N) is 1. The van der Waals surface area contributed by atoms with Gasteiger partial charge < -0.3 is 0 Å². The first-order valence-corrected chi connectivity index (χ1v) is 7.94. The fraction of sp³-hybridized carbons (Fsp3) is 0. The molecule has 0 unspecified atom stereocenters. The van der Waals surface area contributed by atoms with Crippen molar-refractivity contribution >= 4 is 39.4 Å². The minimum absolute atomic E-state index is 0.0502. The summed E-state index contributed by atoms with van der Waals surface area (Å²) in [5.74, 6) is -0.345. The number of carbonyl (C=O) groups is 1. The third kappa shape index (κ3) is 3.02. The van der Waals surface area contributed by atoms with E-state index in [1.54, 1.807) is 11.3 Å². The molecule has 3 rings (SSSR count). The van der Waals surface area contributed by atoms with Crippen LogP contribution in [-0.2, 0) is 0 Å². The first-order valence-electron chi connectivity index (χ1n) is 6.19. The summed E-state index contributed by atoms with van der Waals surface area (Å²) in [6.07, 6.45) is 0. The van der Waals surface area contributed by atoms with Gasteiger partial charge in [-0.3, -0.25) is 20.2 Å². The Kier molecular flexibility index (Phi) is 3.94. The highest BCUT2D eigenvalue weighted by atomic mass is 32.1. The van der Waals surface area contributed by atoms with Crippen LogP contribution in [0.4, 0.5) is 10.8 Å². The minimum Gasteiger partial charge on any atom is -0.298 e. The molecular weight excluding hydrogens is 322 g/mol. The van der Waals surface area contributed by atoms with Crippen molar-refractivity contribution < 1.29 is 9.72 Å². The van der Waals surface area contributed by atoms with Gasteiger partial charge in [-0.15, -0.1) is 22.7 Å². The molecule has 0 aliphatic rings. The highest BCUT2D eigenvalue weighted by Crippen LogP contribution is 2.28. The quantitative estimate of drug-likeness (QED) is 0.577. The van der Waals surface area contributed by atoms with E-state index in [1.165, 1.54) is 35.6 Å². The monoisotopic (exact) mass is 331 g/mol. The lowest BCUT2D eigenvalue weighted by atomic mass is 10.2. The number of thiophene rings is 1. The van der Waals surface area contributed by atoms with Crippen LogP contribution in [0, 0.1) is 10.1 Å². The number of amides is 1. The summed E-state index contributed by atoms with van der Waals surface area (Å²) in [5.41, 5.74) is 1.11. The highest BCUT2D eigenvalue weighted by molar-refractivity contribution is 7.16. The van der Waals surface area contributed by atoms with Gasteiger partial charge in [0.05, 0.1) is 15.5 Å². The zero-order valence-electron chi connectivity index (χ0n) is 11.1. The van der Waals surface area contributed by atoms with Gasteiger partial charge in [0, 0.05) is 23.1 Å². The van der Waals surface area contributed by atoms with E-state index in [0.717, 1.165) is 10.6 Å². The van der Waals surface area contributed by atoms with E-state index >= 15 is 0 Å². The van der Waals surface area contributed by atoms with Gasteiger partial charge >= 0.3 is 0 Å². The van der Waals surface area contributed by atoms with Crippen molar-refractivity contribution in [2.75, 3.05) is 5.32 Å². The number of non-ortho nitro benzene ring substituents is 1. The van der Waals surface area contributed by atoms with Crippen LogP contribution in [0.2, 0.25) is 0 Å². The minimum atomic E-state index is -0.504. The summed E-state index contributed by atoms with van der Waals surface area (Å²) in [6, 6.07) is 9.33. The molecule has 0 bridgehead atoms. The van der Waals surface area contributed by atoms with E-state index in [-0.39, 0.29) is 11.6 Å². The lowest BCUT2D eigenvalue weighted by Gasteiger charge is -2.01. The number of nitro groups is 1. The third-order valence-electron chi connectivity index (χ3n) is 2.84. The van der Waals surface area contributed by atoms with Crippen molar-refractivity contribution in [1.82, 2.24) is 4.98 Å². The van der Waals surface area contributed by atoms with Gasteiger partial charge in [-0.25, -0.2) is 4.98 Å². The third-order valence-corrected chi connectivity index (χ3v) is 4.49. The van der Waals surface area contributed by atoms with E-state index in [4.69, 9.17) is 0 Å². The largest absolute Gasteiger partial charge is 0.298 e. The maximum Gasteiger partial charge on any atom is 0.269 e. The van der Waals surface area contributed by atoms with Crippen molar-refractivity contribution in [3.8, 4) is 10.6 Å². The Morgan fingerprint density at radius 3 is 2.59 bits per heavy atom. The molecule has 0 atom stereocenters. The zero-order valence-corrected chi connectivity index (χ0v) is 12.7. The Morgan fingerprint density at radius 2 is 1.95 bits per heavy atom. The van der Waals surface area contributed by atoms with Gasteiger partial charge in [0.25, 0.3) is 11.6 Å². The summed E-state index contributed by atoms with van der Waals surface area (Å²) in [4.78, 5) is 27.5. The number of anilines is 1. The molecule has 6 nitrogen and oxygen atoms in total. The van der Waals surface area contributed by atoms with Crippen LogP contribution in [0.3, 0.4) is 0 Å². The molecule has 0 aliphatic carbocycles. The smallest absolute Gasteiger partial charge is 0.269 e. The van der Waals surface area contributed by atoms with E-state index < -0.39 is 4.92 Å². The van der Waals surface area contributed by atoms with Crippen LogP contribution in [0.25, 0.3) is 10.6 Å². The van der Waals surface area contributed by atoms with Gasteiger partial charge in [0.2, 0.25) is 0 Å². The lowest BCUT2D eigenvalue weighted by Crippen LogP contribution is -2.11. The maximum absolute atomic E-state index is 12.1. The average Bonchev–Trinajstić information content (AvgIpc) is 3.18. The normalized spacial score (nSPS) is 10.4. The first-order chi connectivity index (χ1) is 10.6. The predicted octanol–water partition coefficient (Wildman–Crippen LogP) is 4.03. The second-order valence-electron chi connectivity index (χ2n) is 4.27. The number of thiazole rings is 1. The van der Waals surface area contributed by atoms with Gasteiger partial charge in [0.15, 0.2) is 5.13 Å². The van der Waals surface area contributed by atoms with E-state index in [9.17, 15) is 14.9 Å². The first kappa shape index (κ1) is 14.4. The molecule has 0 fully saturated rings. The molecule has 2 heterocycles. The van der Waals surface area contributed by atoms with Crippen molar-refractivity contribution in [2.45, 2.75) is 0 Å². The molecule has 1 amide bonds. The van der Waals surface area contributed by atoms with Crippen molar-refractivity contribution in [1.29, 1.82) is 0 Å². The number of benzene rings is 1. The summed E-state index contributed by atoms with van der Waals surface area (Å²) in [7, 11) is 0. The van der Waals surface area contributed by atoms with Crippen molar-refractivity contribution in [3.63, 3.8) is 0 Å². The second kappa shape index (κ2) is 6.04. The van der Waals surface area contributed by atoms with Gasteiger partial charge in [-0.2, -0.15) is 0 Å². The molecule has 0 saturated heterocycles. The highest BCUT2D eigenvalue weighted by Gasteiger charge is 2.12. The summed E-state index contributed by atoms with van der Waals surface area (Å²) in [6.45, 7) is 0. The molecule has 22 heavy (non-hydrogen) atoms. The van der Waals surface area contributed by atoms with Crippen LogP contribution in [0.5, 0.6) is 0 Å². The molecule has 1 N–H and O–H groups in total. The molecule has 3 aromatic rings. The predicted molar refractivity (Wildman–Crippen MR) is 86.5 cm³/mol. The van der Waals surface area contributed by atoms with E-state index in [1.807, 2.05) is 22.9 Å². The standard InChI is InChI=1S/C14H9N3O3S2/c18-13(9-3-5-10(6-4-9)17(19)20)16-14-15-11(8-22-14)12-2-1-7-21-12/h1-8H,(H,15,16,18). The maximum atomic E-state index is 12.1. The zero-order chi connectivity index (χ0) is 15.5. The number of hydrogen-bond acceptors (Lipinski definition) is 6. The van der Waals surface area contributed by atoms with Gasteiger partial charge in [0.1, 0.15) is 0 Å². The number of rotatable bonds is 4. The summed E-state index contributed by atoms with van der Waals surface area (Å²) >= 11 is 2.91. The molecule has 0 saturated carbocycles. The molecule has 0 radical (unpaired) electrons. The topological polar surface area (TPSA) is 85.1 Å². The number of carbonyl (C=O) groups excluding carboxylic acids is 1. The van der Waals surface area contributed by atoms with Crippen LogP contribution in [0.1, 0.15) is 10.4 Å². The molecule has 2 aromatic heterocycles. The summed E-state index contributed by atoms with van der Waals surface area (Å²) < 4.78 is 0. The van der Waals surface area contributed by atoms with Crippen LogP contribution < -0.4 is 5.32 Å². The molecule has 0 aliphatic heterocycles. The Labute approximate surface area is 133 Å². The molecule has 0 spiro atoms.